The Bertz CT molecular complexity index is 1160. The molecule has 1 atom stereocenters. The van der Waals surface area contributed by atoms with Gasteiger partial charge in [-0.15, -0.1) is 0 Å². The van der Waals surface area contributed by atoms with Crippen molar-refractivity contribution in [1.82, 2.24) is 10.2 Å². The molecule has 162 valence electrons. The van der Waals surface area contributed by atoms with Gasteiger partial charge in [-0.25, -0.2) is 4.79 Å². The van der Waals surface area contributed by atoms with Crippen LogP contribution in [0.15, 0.2) is 78.9 Å². The maximum atomic E-state index is 13.0. The number of ether oxygens (including phenoxy) is 1. The Balaban J connectivity index is 1.47. The van der Waals surface area contributed by atoms with E-state index in [-0.39, 0.29) is 0 Å². The van der Waals surface area contributed by atoms with Gasteiger partial charge in [-0.3, -0.25) is 14.5 Å². The zero-order valence-electron chi connectivity index (χ0n) is 17.8. The molecule has 2 N–H and O–H groups in total. The van der Waals surface area contributed by atoms with Crippen LogP contribution in [0.3, 0.4) is 0 Å². The van der Waals surface area contributed by atoms with Crippen LogP contribution in [0.1, 0.15) is 18.1 Å². The van der Waals surface area contributed by atoms with Crippen molar-refractivity contribution in [3.63, 3.8) is 0 Å². The van der Waals surface area contributed by atoms with Crippen LogP contribution >= 0.6 is 0 Å². The predicted octanol–water partition coefficient (Wildman–Crippen LogP) is 4.19. The van der Waals surface area contributed by atoms with Gasteiger partial charge in [-0.05, 0) is 43.7 Å². The summed E-state index contributed by atoms with van der Waals surface area (Å²) in [6, 6.07) is 22.8. The first-order chi connectivity index (χ1) is 15.4. The van der Waals surface area contributed by atoms with E-state index >= 15 is 0 Å². The summed E-state index contributed by atoms with van der Waals surface area (Å²) in [5.41, 5.74) is 0.981. The number of para-hydroxylation sites is 2. The first-order valence-electron chi connectivity index (χ1n) is 10.2. The molecule has 32 heavy (non-hydrogen) atoms. The Morgan fingerprint density at radius 1 is 0.969 bits per heavy atom. The van der Waals surface area contributed by atoms with Crippen LogP contribution in [-0.2, 0) is 15.1 Å². The lowest BCUT2D eigenvalue weighted by atomic mass is 9.92. The van der Waals surface area contributed by atoms with Crippen molar-refractivity contribution in [3.05, 3.63) is 90.0 Å². The number of anilines is 1. The van der Waals surface area contributed by atoms with Crippen LogP contribution in [0.2, 0.25) is 0 Å². The van der Waals surface area contributed by atoms with Gasteiger partial charge < -0.3 is 15.4 Å². The maximum Gasteiger partial charge on any atom is 0.325 e. The molecule has 0 radical (unpaired) electrons. The Labute approximate surface area is 186 Å². The van der Waals surface area contributed by atoms with E-state index in [4.69, 9.17) is 4.74 Å². The number of benzene rings is 3. The number of carbonyl (C=O) groups is 3. The summed E-state index contributed by atoms with van der Waals surface area (Å²) in [5.74, 6) is 0.0971. The van der Waals surface area contributed by atoms with E-state index in [0.717, 1.165) is 10.5 Å². The molecule has 0 aromatic heterocycles. The second-order valence-electron chi connectivity index (χ2n) is 7.77. The Morgan fingerprint density at radius 2 is 1.62 bits per heavy atom. The van der Waals surface area contributed by atoms with Gasteiger partial charge in [0.2, 0.25) is 5.91 Å². The van der Waals surface area contributed by atoms with E-state index in [1.165, 1.54) is 0 Å². The molecule has 3 aromatic carbocycles. The normalized spacial score (nSPS) is 17.8. The maximum absolute atomic E-state index is 13.0. The molecule has 0 bridgehead atoms. The molecule has 1 aliphatic heterocycles. The molecule has 0 spiro atoms. The second-order valence-corrected chi connectivity index (χ2v) is 7.77. The van der Waals surface area contributed by atoms with Gasteiger partial charge >= 0.3 is 6.03 Å². The van der Waals surface area contributed by atoms with E-state index in [0.29, 0.717) is 22.7 Å². The van der Waals surface area contributed by atoms with Crippen LogP contribution in [0, 0.1) is 6.92 Å². The van der Waals surface area contributed by atoms with Gasteiger partial charge in [0.05, 0.1) is 5.69 Å². The lowest BCUT2D eigenvalue weighted by Gasteiger charge is -2.22. The van der Waals surface area contributed by atoms with Gasteiger partial charge in [0.15, 0.2) is 5.75 Å². The zero-order chi connectivity index (χ0) is 22.7. The van der Waals surface area contributed by atoms with Crippen LogP contribution < -0.4 is 15.4 Å². The fourth-order valence-electron chi connectivity index (χ4n) is 3.53. The molecular weight excluding hydrogens is 406 g/mol. The topological polar surface area (TPSA) is 87.7 Å². The minimum absolute atomic E-state index is 0.411. The zero-order valence-corrected chi connectivity index (χ0v) is 17.8. The minimum atomic E-state index is -1.22. The van der Waals surface area contributed by atoms with Gasteiger partial charge in [-0.1, -0.05) is 60.2 Å². The average molecular weight is 429 g/mol. The van der Waals surface area contributed by atoms with Gasteiger partial charge in [0.1, 0.15) is 17.8 Å². The summed E-state index contributed by atoms with van der Waals surface area (Å²) < 4.78 is 5.89. The summed E-state index contributed by atoms with van der Waals surface area (Å²) in [7, 11) is 0. The third-order valence-corrected chi connectivity index (χ3v) is 5.34. The molecule has 4 rings (SSSR count). The number of hydrogen-bond donors (Lipinski definition) is 2. The molecule has 4 amide bonds. The third-order valence-electron chi connectivity index (χ3n) is 5.34. The minimum Gasteiger partial charge on any atom is -0.455 e. The lowest BCUT2D eigenvalue weighted by Crippen LogP contribution is -2.42. The Hall–Kier alpha value is -4.13. The summed E-state index contributed by atoms with van der Waals surface area (Å²) in [6.45, 7) is 3.20. The number of hydrogen-bond acceptors (Lipinski definition) is 4. The highest BCUT2D eigenvalue weighted by Crippen LogP contribution is 2.31. The summed E-state index contributed by atoms with van der Waals surface area (Å²) >= 11 is 0. The highest BCUT2D eigenvalue weighted by atomic mass is 16.5. The SMILES string of the molecule is Cc1ccc(Oc2ccccc2NC(=O)CN2C(=O)N[C@@](C)(c3ccccc3)C2=O)cc1. The highest BCUT2D eigenvalue weighted by molar-refractivity contribution is 6.10. The lowest BCUT2D eigenvalue weighted by molar-refractivity contribution is -0.133. The molecule has 3 aromatic rings. The molecule has 0 saturated carbocycles. The van der Waals surface area contributed by atoms with E-state index < -0.39 is 29.9 Å². The fraction of sp³-hybridized carbons (Fsp3) is 0.160. The molecule has 7 nitrogen and oxygen atoms in total. The van der Waals surface area contributed by atoms with Gasteiger partial charge in [-0.2, -0.15) is 0 Å². The number of imide groups is 1. The number of carbonyl (C=O) groups excluding carboxylic acids is 3. The summed E-state index contributed by atoms with van der Waals surface area (Å²) in [6.07, 6.45) is 0. The molecule has 7 heteroatoms. The standard InChI is InChI=1S/C25H23N3O4/c1-17-12-14-19(15-13-17)32-21-11-7-6-10-20(21)26-22(29)16-28-23(30)25(2,27-24(28)31)18-8-4-3-5-9-18/h3-15H,16H2,1-2H3,(H,26,29)(H,27,31)/t25-/m0/s1. The Morgan fingerprint density at radius 3 is 2.34 bits per heavy atom. The van der Waals surface area contributed by atoms with Crippen molar-refractivity contribution in [2.75, 3.05) is 11.9 Å². The smallest absolute Gasteiger partial charge is 0.325 e. The summed E-state index contributed by atoms with van der Waals surface area (Å²) in [5, 5.41) is 5.44. The predicted molar refractivity (Wildman–Crippen MR) is 120 cm³/mol. The van der Waals surface area contributed by atoms with Crippen molar-refractivity contribution in [2.45, 2.75) is 19.4 Å². The van der Waals surface area contributed by atoms with Crippen LogP contribution in [0.4, 0.5) is 10.5 Å². The van der Waals surface area contributed by atoms with Crippen molar-refractivity contribution in [3.8, 4) is 11.5 Å². The van der Waals surface area contributed by atoms with Crippen molar-refractivity contribution in [1.29, 1.82) is 0 Å². The number of aryl methyl sites for hydroxylation is 1. The van der Waals surface area contributed by atoms with Crippen LogP contribution in [-0.4, -0.2) is 29.3 Å². The largest absolute Gasteiger partial charge is 0.455 e. The first kappa shape index (κ1) is 21.1. The van der Waals surface area contributed by atoms with E-state index in [2.05, 4.69) is 10.6 Å². The van der Waals surface area contributed by atoms with E-state index in [1.54, 1.807) is 55.5 Å². The summed E-state index contributed by atoms with van der Waals surface area (Å²) in [4.78, 5) is 39.1. The van der Waals surface area contributed by atoms with Crippen LogP contribution in [0.5, 0.6) is 11.5 Å². The molecular formula is C25H23N3O4. The highest BCUT2D eigenvalue weighted by Gasteiger charge is 2.49. The number of amides is 4. The third kappa shape index (κ3) is 4.18. The molecule has 1 fully saturated rings. The quantitative estimate of drug-likeness (QED) is 0.575. The Kier molecular flexibility index (Phi) is 5.64. The second kappa shape index (κ2) is 8.55. The van der Waals surface area contributed by atoms with E-state index in [9.17, 15) is 14.4 Å². The first-order valence-corrected chi connectivity index (χ1v) is 10.2. The van der Waals surface area contributed by atoms with Crippen molar-refractivity contribution in [2.24, 2.45) is 0 Å². The van der Waals surface area contributed by atoms with Crippen LogP contribution in [0.25, 0.3) is 0 Å². The number of nitrogens with zero attached hydrogens (tertiary/aromatic N) is 1. The fourth-order valence-corrected chi connectivity index (χ4v) is 3.53. The van der Waals surface area contributed by atoms with E-state index in [1.807, 2.05) is 37.3 Å². The van der Waals surface area contributed by atoms with Crippen molar-refractivity contribution >= 4 is 23.5 Å². The average Bonchev–Trinajstić information content (AvgIpc) is 3.01. The number of nitrogens with one attached hydrogen (secondary N) is 2. The molecule has 0 aliphatic carbocycles. The molecule has 1 aliphatic rings. The monoisotopic (exact) mass is 429 g/mol. The molecule has 0 unspecified atom stereocenters. The molecule has 1 heterocycles. The van der Waals surface area contributed by atoms with Crippen molar-refractivity contribution < 1.29 is 19.1 Å². The number of urea groups is 1. The molecule has 1 saturated heterocycles. The number of rotatable bonds is 6. The van der Waals surface area contributed by atoms with Gasteiger partial charge in [0.25, 0.3) is 5.91 Å². The van der Waals surface area contributed by atoms with Gasteiger partial charge in [0, 0.05) is 0 Å².